The summed E-state index contributed by atoms with van der Waals surface area (Å²) in [6, 6.07) is 3.67. The highest BCUT2D eigenvalue weighted by Gasteiger charge is 2.34. The second kappa shape index (κ2) is 5.27. The number of aliphatic hydroxyl groups excluding tert-OH is 1. The number of aliphatic hydroxyl groups is 1. The third-order valence-electron chi connectivity index (χ3n) is 3.38. The maximum absolute atomic E-state index is 11.9. The lowest BCUT2D eigenvalue weighted by atomic mass is 9.98. The number of rotatable bonds is 4. The molecule has 0 bridgehead atoms. The van der Waals surface area contributed by atoms with Gasteiger partial charge >= 0.3 is 0 Å². The molecule has 1 heterocycles. The Hall–Kier alpha value is -1.42. The lowest BCUT2D eigenvalue weighted by molar-refractivity contribution is -0.122. The summed E-state index contributed by atoms with van der Waals surface area (Å²) >= 11 is 0. The Morgan fingerprint density at radius 1 is 1.35 bits per heavy atom. The second-order valence-electron chi connectivity index (χ2n) is 4.73. The van der Waals surface area contributed by atoms with Crippen molar-refractivity contribution in [1.82, 2.24) is 10.3 Å². The van der Waals surface area contributed by atoms with E-state index in [1.807, 2.05) is 12.1 Å². The molecule has 1 aromatic heterocycles. The fourth-order valence-electron chi connectivity index (χ4n) is 2.40. The lowest BCUT2D eigenvalue weighted by Gasteiger charge is -2.28. The highest BCUT2D eigenvalue weighted by molar-refractivity contribution is 5.79. The predicted octanol–water partition coefficient (Wildman–Crippen LogP) is 1.05. The zero-order chi connectivity index (χ0) is 12.1. The molecule has 0 atom stereocenters. The normalized spacial score (nSPS) is 17.9. The molecule has 1 aliphatic rings. The molecule has 1 fully saturated rings. The van der Waals surface area contributed by atoms with Crippen LogP contribution < -0.4 is 5.32 Å². The second-order valence-corrected chi connectivity index (χ2v) is 4.73. The maximum Gasteiger partial charge on any atom is 0.224 e. The van der Waals surface area contributed by atoms with E-state index in [0.717, 1.165) is 31.2 Å². The number of amides is 1. The minimum absolute atomic E-state index is 0.0212. The van der Waals surface area contributed by atoms with Gasteiger partial charge in [0.2, 0.25) is 5.91 Å². The van der Waals surface area contributed by atoms with Crippen LogP contribution in [0, 0.1) is 0 Å². The van der Waals surface area contributed by atoms with Crippen molar-refractivity contribution in [3.05, 3.63) is 30.1 Å². The van der Waals surface area contributed by atoms with Gasteiger partial charge in [-0.25, -0.2) is 0 Å². The van der Waals surface area contributed by atoms with Crippen LogP contribution in [-0.2, 0) is 11.2 Å². The Morgan fingerprint density at radius 2 is 2.00 bits per heavy atom. The van der Waals surface area contributed by atoms with Crippen molar-refractivity contribution >= 4 is 5.91 Å². The van der Waals surface area contributed by atoms with Crippen LogP contribution in [0.15, 0.2) is 24.5 Å². The van der Waals surface area contributed by atoms with E-state index in [0.29, 0.717) is 6.42 Å². The van der Waals surface area contributed by atoms with Crippen LogP contribution in [0.25, 0.3) is 0 Å². The van der Waals surface area contributed by atoms with Crippen LogP contribution in [-0.4, -0.2) is 28.1 Å². The van der Waals surface area contributed by atoms with Crippen molar-refractivity contribution < 1.29 is 9.90 Å². The molecule has 1 amide bonds. The topological polar surface area (TPSA) is 62.2 Å². The van der Waals surface area contributed by atoms with Crippen molar-refractivity contribution in [2.75, 3.05) is 6.61 Å². The Bertz CT molecular complexity index is 372. The molecule has 2 N–H and O–H groups in total. The summed E-state index contributed by atoms with van der Waals surface area (Å²) in [6.45, 7) is 0.0368. The molecular weight excluding hydrogens is 216 g/mol. The smallest absolute Gasteiger partial charge is 0.224 e. The van der Waals surface area contributed by atoms with Gasteiger partial charge in [-0.2, -0.15) is 0 Å². The molecule has 92 valence electrons. The van der Waals surface area contributed by atoms with Crippen LogP contribution in [0.1, 0.15) is 31.2 Å². The maximum atomic E-state index is 11.9. The van der Waals surface area contributed by atoms with E-state index in [4.69, 9.17) is 0 Å². The van der Waals surface area contributed by atoms with Crippen molar-refractivity contribution in [1.29, 1.82) is 0 Å². The Kier molecular flexibility index (Phi) is 3.74. The summed E-state index contributed by atoms with van der Waals surface area (Å²) in [4.78, 5) is 15.8. The van der Waals surface area contributed by atoms with Crippen LogP contribution in [0.2, 0.25) is 0 Å². The zero-order valence-electron chi connectivity index (χ0n) is 9.85. The largest absolute Gasteiger partial charge is 0.394 e. The lowest BCUT2D eigenvalue weighted by Crippen LogP contribution is -2.49. The van der Waals surface area contributed by atoms with E-state index in [1.54, 1.807) is 12.4 Å². The molecule has 1 aliphatic carbocycles. The standard InChI is InChI=1S/C13H18N2O2/c16-10-13(5-1-2-6-13)15-12(17)9-11-3-7-14-8-4-11/h3-4,7-8,16H,1-2,5-6,9-10H2,(H,15,17). The number of pyridine rings is 1. The van der Waals surface area contributed by atoms with Crippen molar-refractivity contribution in [2.24, 2.45) is 0 Å². The first-order valence-corrected chi connectivity index (χ1v) is 6.05. The third kappa shape index (κ3) is 3.03. The van der Waals surface area contributed by atoms with E-state index in [2.05, 4.69) is 10.3 Å². The zero-order valence-corrected chi connectivity index (χ0v) is 9.85. The molecule has 0 aromatic carbocycles. The fourth-order valence-corrected chi connectivity index (χ4v) is 2.40. The molecule has 0 spiro atoms. The minimum Gasteiger partial charge on any atom is -0.394 e. The van der Waals surface area contributed by atoms with Gasteiger partial charge in [-0.15, -0.1) is 0 Å². The van der Waals surface area contributed by atoms with Crippen LogP contribution in [0.5, 0.6) is 0 Å². The van der Waals surface area contributed by atoms with Gasteiger partial charge in [0.15, 0.2) is 0 Å². The summed E-state index contributed by atoms with van der Waals surface area (Å²) in [5, 5.41) is 12.4. The number of carbonyl (C=O) groups is 1. The summed E-state index contributed by atoms with van der Waals surface area (Å²) in [5.74, 6) is -0.0212. The molecule has 2 rings (SSSR count). The van der Waals surface area contributed by atoms with E-state index in [-0.39, 0.29) is 18.1 Å². The Morgan fingerprint density at radius 3 is 2.59 bits per heavy atom. The molecule has 4 nitrogen and oxygen atoms in total. The predicted molar refractivity (Wildman–Crippen MR) is 64.4 cm³/mol. The van der Waals surface area contributed by atoms with E-state index in [1.165, 1.54) is 0 Å². The van der Waals surface area contributed by atoms with E-state index in [9.17, 15) is 9.90 Å². The summed E-state index contributed by atoms with van der Waals surface area (Å²) in [7, 11) is 0. The van der Waals surface area contributed by atoms with Crippen molar-refractivity contribution in [3.63, 3.8) is 0 Å². The first-order chi connectivity index (χ1) is 8.24. The number of carbonyl (C=O) groups excluding carboxylic acids is 1. The number of nitrogens with zero attached hydrogens (tertiary/aromatic N) is 1. The molecule has 17 heavy (non-hydrogen) atoms. The van der Waals surface area contributed by atoms with Gasteiger partial charge in [-0.1, -0.05) is 12.8 Å². The van der Waals surface area contributed by atoms with Gasteiger partial charge in [-0.3, -0.25) is 9.78 Å². The van der Waals surface area contributed by atoms with Crippen LogP contribution in [0.4, 0.5) is 0 Å². The average Bonchev–Trinajstić information content (AvgIpc) is 2.79. The summed E-state index contributed by atoms with van der Waals surface area (Å²) < 4.78 is 0. The Labute approximate surface area is 101 Å². The van der Waals surface area contributed by atoms with Gasteiger partial charge in [0.25, 0.3) is 0 Å². The van der Waals surface area contributed by atoms with Gasteiger partial charge in [0.1, 0.15) is 0 Å². The summed E-state index contributed by atoms with van der Waals surface area (Å²) in [6.07, 6.45) is 7.63. The molecule has 1 aromatic rings. The molecule has 0 unspecified atom stereocenters. The monoisotopic (exact) mass is 234 g/mol. The molecule has 4 heteroatoms. The number of hydrogen-bond acceptors (Lipinski definition) is 3. The molecule has 0 saturated heterocycles. The Balaban J connectivity index is 1.93. The highest BCUT2D eigenvalue weighted by atomic mass is 16.3. The summed E-state index contributed by atoms with van der Waals surface area (Å²) in [5.41, 5.74) is 0.577. The van der Waals surface area contributed by atoms with Crippen LogP contribution >= 0.6 is 0 Å². The number of aromatic nitrogens is 1. The molecule has 0 aliphatic heterocycles. The van der Waals surface area contributed by atoms with E-state index >= 15 is 0 Å². The van der Waals surface area contributed by atoms with Gasteiger partial charge in [0, 0.05) is 12.4 Å². The van der Waals surface area contributed by atoms with Gasteiger partial charge < -0.3 is 10.4 Å². The third-order valence-corrected chi connectivity index (χ3v) is 3.38. The van der Waals surface area contributed by atoms with E-state index < -0.39 is 0 Å². The van der Waals surface area contributed by atoms with Gasteiger partial charge in [0.05, 0.1) is 18.6 Å². The van der Waals surface area contributed by atoms with Crippen molar-refractivity contribution in [3.8, 4) is 0 Å². The quantitative estimate of drug-likeness (QED) is 0.818. The molecular formula is C13H18N2O2. The highest BCUT2D eigenvalue weighted by Crippen LogP contribution is 2.29. The first kappa shape index (κ1) is 12.0. The average molecular weight is 234 g/mol. The minimum atomic E-state index is -0.371. The molecule has 0 radical (unpaired) electrons. The number of nitrogens with one attached hydrogen (secondary N) is 1. The first-order valence-electron chi connectivity index (χ1n) is 6.05. The van der Waals surface area contributed by atoms with Crippen molar-refractivity contribution in [2.45, 2.75) is 37.6 Å². The molecule has 1 saturated carbocycles. The fraction of sp³-hybridized carbons (Fsp3) is 0.538. The van der Waals surface area contributed by atoms with Crippen LogP contribution in [0.3, 0.4) is 0 Å². The number of hydrogen-bond donors (Lipinski definition) is 2. The van der Waals surface area contributed by atoms with Gasteiger partial charge in [-0.05, 0) is 30.5 Å². The SMILES string of the molecule is O=C(Cc1ccncc1)NC1(CO)CCCC1.